The minimum absolute atomic E-state index is 0.0388. The molecule has 0 aliphatic heterocycles. The molecular formula is C22H22F5N2O5P. The van der Waals surface area contributed by atoms with Crippen LogP contribution in [0.3, 0.4) is 0 Å². The second kappa shape index (κ2) is 12.0. The predicted molar refractivity (Wildman–Crippen MR) is 114 cm³/mol. The number of carbonyl (C=O) groups is 1. The van der Waals surface area contributed by atoms with Gasteiger partial charge in [-0.1, -0.05) is 26.7 Å². The van der Waals surface area contributed by atoms with Gasteiger partial charge in [-0.2, -0.15) is 19.1 Å². The van der Waals surface area contributed by atoms with Gasteiger partial charge in [0.05, 0.1) is 18.2 Å². The molecule has 0 heterocycles. The molecule has 0 spiro atoms. The standard InChI is InChI=1S/C22H22F5N2O5P/c1-4-13(5-2)11-32-22(30)12(3)29-35(31,33-15-8-6-14(10-28)7-9-15)34-21-19(26)17(24)16(23)18(25)20(21)27/h6-9,12-13H,4-5,11H2,1-3H3,(H,29,31)/t12-,35?/m0/s1. The molecule has 35 heavy (non-hydrogen) atoms. The van der Waals surface area contributed by atoms with Crippen molar-refractivity contribution in [2.24, 2.45) is 5.92 Å². The molecule has 190 valence electrons. The molecule has 0 amide bonds. The number of hydrogen-bond donors (Lipinski definition) is 1. The minimum atomic E-state index is -5.04. The van der Waals surface area contributed by atoms with Crippen LogP contribution in [0.1, 0.15) is 39.2 Å². The number of carbonyl (C=O) groups excluding carboxylic acids is 1. The fourth-order valence-corrected chi connectivity index (χ4v) is 4.25. The van der Waals surface area contributed by atoms with Crippen molar-refractivity contribution in [1.29, 1.82) is 5.26 Å². The maximum atomic E-state index is 14.2. The average Bonchev–Trinajstić information content (AvgIpc) is 2.85. The van der Waals surface area contributed by atoms with Gasteiger partial charge in [0, 0.05) is 0 Å². The molecule has 1 N–H and O–H groups in total. The smallest absolute Gasteiger partial charge is 0.464 e. The van der Waals surface area contributed by atoms with E-state index in [1.54, 1.807) is 0 Å². The van der Waals surface area contributed by atoms with Gasteiger partial charge in [-0.3, -0.25) is 4.79 Å². The molecule has 2 atom stereocenters. The van der Waals surface area contributed by atoms with Crippen molar-refractivity contribution in [3.63, 3.8) is 0 Å². The second-order valence-corrected chi connectivity index (χ2v) is 9.00. The van der Waals surface area contributed by atoms with E-state index in [9.17, 15) is 31.3 Å². The maximum absolute atomic E-state index is 14.2. The van der Waals surface area contributed by atoms with Gasteiger partial charge in [0.1, 0.15) is 11.8 Å². The third kappa shape index (κ3) is 6.93. The van der Waals surface area contributed by atoms with Crippen LogP contribution in [0.15, 0.2) is 24.3 Å². The number of esters is 1. The third-order valence-electron chi connectivity index (χ3n) is 4.91. The third-order valence-corrected chi connectivity index (χ3v) is 6.49. The monoisotopic (exact) mass is 520 g/mol. The Balaban J connectivity index is 2.39. The highest BCUT2D eigenvalue weighted by atomic mass is 31.2. The Kier molecular flexibility index (Phi) is 9.63. The van der Waals surface area contributed by atoms with E-state index in [0.717, 1.165) is 25.0 Å². The number of rotatable bonds is 11. The summed E-state index contributed by atoms with van der Waals surface area (Å²) in [6, 6.07) is 5.14. The maximum Gasteiger partial charge on any atom is 0.513 e. The van der Waals surface area contributed by atoms with E-state index < -0.39 is 54.6 Å². The lowest BCUT2D eigenvalue weighted by Gasteiger charge is -2.24. The summed E-state index contributed by atoms with van der Waals surface area (Å²) in [6.45, 7) is 4.99. The molecule has 0 fully saturated rings. The van der Waals surface area contributed by atoms with E-state index >= 15 is 0 Å². The van der Waals surface area contributed by atoms with Crippen LogP contribution >= 0.6 is 7.75 Å². The topological polar surface area (TPSA) is 97.6 Å². The lowest BCUT2D eigenvalue weighted by Crippen LogP contribution is -2.36. The molecule has 13 heteroatoms. The zero-order chi connectivity index (χ0) is 26.3. The summed E-state index contributed by atoms with van der Waals surface area (Å²) in [6.07, 6.45) is 1.44. The van der Waals surface area contributed by atoms with Crippen LogP contribution in [0.4, 0.5) is 22.0 Å². The molecule has 0 aromatic heterocycles. The van der Waals surface area contributed by atoms with Crippen LogP contribution < -0.4 is 14.1 Å². The number of benzene rings is 2. The SMILES string of the molecule is CCC(CC)COC(=O)[C@H](C)NP(=O)(Oc1ccc(C#N)cc1)Oc1c(F)c(F)c(F)c(F)c1F. The molecule has 2 aromatic rings. The number of nitrogens with one attached hydrogen (secondary N) is 1. The Hall–Kier alpha value is -3.16. The molecule has 2 rings (SSSR count). The Morgan fingerprint density at radius 2 is 1.49 bits per heavy atom. The van der Waals surface area contributed by atoms with Crippen molar-refractivity contribution in [3.05, 3.63) is 58.9 Å². The Morgan fingerprint density at radius 1 is 0.971 bits per heavy atom. The second-order valence-electron chi connectivity index (χ2n) is 7.38. The normalized spacial score (nSPS) is 13.6. The van der Waals surface area contributed by atoms with Crippen molar-refractivity contribution in [2.75, 3.05) is 6.61 Å². The molecule has 0 aliphatic carbocycles. The predicted octanol–water partition coefficient (Wildman–Crippen LogP) is 5.78. The zero-order valence-electron chi connectivity index (χ0n) is 18.9. The van der Waals surface area contributed by atoms with Crippen LogP contribution in [0.5, 0.6) is 11.5 Å². The lowest BCUT2D eigenvalue weighted by atomic mass is 10.1. The van der Waals surface area contributed by atoms with E-state index in [2.05, 4.69) is 9.61 Å². The van der Waals surface area contributed by atoms with Gasteiger partial charge < -0.3 is 13.8 Å². The van der Waals surface area contributed by atoms with Gasteiger partial charge in [0.15, 0.2) is 0 Å². The number of ether oxygens (including phenoxy) is 1. The van der Waals surface area contributed by atoms with Crippen LogP contribution in [-0.2, 0) is 14.1 Å². The van der Waals surface area contributed by atoms with E-state index in [4.69, 9.17) is 14.5 Å². The fourth-order valence-electron chi connectivity index (χ4n) is 2.72. The largest absolute Gasteiger partial charge is 0.513 e. The summed E-state index contributed by atoms with van der Waals surface area (Å²) in [7, 11) is -5.04. The average molecular weight is 520 g/mol. The first-order valence-electron chi connectivity index (χ1n) is 10.4. The highest BCUT2D eigenvalue weighted by molar-refractivity contribution is 7.52. The number of halogens is 5. The molecule has 0 radical (unpaired) electrons. The molecule has 7 nitrogen and oxygen atoms in total. The summed E-state index contributed by atoms with van der Waals surface area (Å²) in [5.74, 6) is -14.9. The highest BCUT2D eigenvalue weighted by Crippen LogP contribution is 2.47. The number of nitrogens with zero attached hydrogens (tertiary/aromatic N) is 1. The number of nitriles is 1. The summed E-state index contributed by atoms with van der Waals surface area (Å²) in [5, 5.41) is 11.0. The van der Waals surface area contributed by atoms with Crippen LogP contribution in [-0.4, -0.2) is 18.6 Å². The van der Waals surface area contributed by atoms with Gasteiger partial charge in [0.25, 0.3) is 0 Å². The van der Waals surface area contributed by atoms with Crippen LogP contribution in [0.2, 0.25) is 0 Å². The lowest BCUT2D eigenvalue weighted by molar-refractivity contribution is -0.146. The van der Waals surface area contributed by atoms with Crippen molar-refractivity contribution in [3.8, 4) is 17.6 Å². The summed E-state index contributed by atoms with van der Waals surface area (Å²) < 4.78 is 97.3. The quantitative estimate of drug-likeness (QED) is 0.132. The van der Waals surface area contributed by atoms with Crippen LogP contribution in [0.25, 0.3) is 0 Å². The molecular weight excluding hydrogens is 498 g/mol. The van der Waals surface area contributed by atoms with Crippen molar-refractivity contribution in [1.82, 2.24) is 5.09 Å². The van der Waals surface area contributed by atoms with E-state index in [1.807, 2.05) is 19.9 Å². The van der Waals surface area contributed by atoms with Gasteiger partial charge in [0.2, 0.25) is 34.8 Å². The summed E-state index contributed by atoms with van der Waals surface area (Å²) >= 11 is 0. The molecule has 2 aromatic carbocycles. The first kappa shape index (κ1) is 28.1. The molecule has 0 saturated carbocycles. The van der Waals surface area contributed by atoms with Gasteiger partial charge in [-0.25, -0.2) is 17.7 Å². The first-order chi connectivity index (χ1) is 16.5. The van der Waals surface area contributed by atoms with E-state index in [0.29, 0.717) is 0 Å². The molecule has 1 unspecified atom stereocenters. The van der Waals surface area contributed by atoms with Crippen molar-refractivity contribution >= 4 is 13.7 Å². The fraction of sp³-hybridized carbons (Fsp3) is 0.364. The Morgan fingerprint density at radius 3 is 1.97 bits per heavy atom. The highest BCUT2D eigenvalue weighted by Gasteiger charge is 2.38. The minimum Gasteiger partial charge on any atom is -0.464 e. The Bertz CT molecular complexity index is 1120. The first-order valence-corrected chi connectivity index (χ1v) is 12.0. The summed E-state index contributed by atoms with van der Waals surface area (Å²) in [4.78, 5) is 12.4. The molecule has 0 aliphatic rings. The molecule has 0 saturated heterocycles. The zero-order valence-corrected chi connectivity index (χ0v) is 19.8. The van der Waals surface area contributed by atoms with Crippen LogP contribution in [0, 0.1) is 46.3 Å². The van der Waals surface area contributed by atoms with E-state index in [1.165, 1.54) is 19.1 Å². The molecule has 0 bridgehead atoms. The number of hydrogen-bond acceptors (Lipinski definition) is 6. The Labute approximate surface area is 198 Å². The van der Waals surface area contributed by atoms with Gasteiger partial charge in [-0.05, 0) is 37.1 Å². The van der Waals surface area contributed by atoms with Crippen molar-refractivity contribution < 1.29 is 45.1 Å². The van der Waals surface area contributed by atoms with E-state index in [-0.39, 0.29) is 23.8 Å². The summed E-state index contributed by atoms with van der Waals surface area (Å²) in [5.41, 5.74) is 0.180. The van der Waals surface area contributed by atoms with Crippen molar-refractivity contribution in [2.45, 2.75) is 39.7 Å². The van der Waals surface area contributed by atoms with Gasteiger partial charge in [-0.15, -0.1) is 0 Å². The van der Waals surface area contributed by atoms with Gasteiger partial charge >= 0.3 is 13.7 Å².